The molecule has 0 aliphatic carbocycles. The molecule has 0 fully saturated rings. The van der Waals surface area contributed by atoms with Crippen molar-refractivity contribution in [2.24, 2.45) is 5.92 Å². The molecule has 0 spiro atoms. The second kappa shape index (κ2) is 5.89. The van der Waals surface area contributed by atoms with Gasteiger partial charge in [0.1, 0.15) is 0 Å². The Hall–Kier alpha value is -1.46. The van der Waals surface area contributed by atoms with E-state index in [2.05, 4.69) is 23.7 Å². The van der Waals surface area contributed by atoms with Gasteiger partial charge >= 0.3 is 0 Å². The van der Waals surface area contributed by atoms with Gasteiger partial charge in [0, 0.05) is 12.6 Å². The Kier molecular flexibility index (Phi) is 4.40. The highest BCUT2D eigenvalue weighted by molar-refractivity contribution is 7.71. The van der Waals surface area contributed by atoms with Crippen molar-refractivity contribution in [3.8, 4) is 0 Å². The Morgan fingerprint density at radius 2 is 1.95 bits per heavy atom. The van der Waals surface area contributed by atoms with Crippen molar-refractivity contribution >= 4 is 23.1 Å². The van der Waals surface area contributed by atoms with Crippen LogP contribution in [0.2, 0.25) is 0 Å². The van der Waals surface area contributed by atoms with Crippen LogP contribution in [0.4, 0.5) is 0 Å². The topological polar surface area (TPSA) is 41.0 Å². The van der Waals surface area contributed by atoms with Crippen LogP contribution in [0.3, 0.4) is 0 Å². The molecular weight excluding hydrogens is 270 g/mol. The zero-order valence-corrected chi connectivity index (χ0v) is 13.2. The first-order valence-electron chi connectivity index (χ1n) is 6.80. The number of fused-ring (bicyclic) bond motifs is 1. The maximum absolute atomic E-state index is 12.6. The molecule has 1 N–H and O–H groups in total. The molecular formula is C15H21N3OS. The van der Waals surface area contributed by atoms with Gasteiger partial charge in [-0.3, -0.25) is 9.36 Å². The number of aromatic nitrogens is 2. The molecule has 1 aromatic heterocycles. The van der Waals surface area contributed by atoms with Crippen LogP contribution in [-0.2, 0) is 6.54 Å². The van der Waals surface area contributed by atoms with Crippen LogP contribution in [0, 0.1) is 10.7 Å². The van der Waals surface area contributed by atoms with E-state index in [9.17, 15) is 4.79 Å². The number of likely N-dealkylation sites (N-methyl/N-ethyl adjacent to an activating group) is 1. The number of para-hydroxylation sites is 1. The minimum absolute atomic E-state index is 0.0168. The molecule has 2 aromatic rings. The lowest BCUT2D eigenvalue weighted by Crippen LogP contribution is -2.39. The predicted molar refractivity (Wildman–Crippen MR) is 85.7 cm³/mol. The molecule has 1 atom stereocenters. The summed E-state index contributed by atoms with van der Waals surface area (Å²) in [5, 5.41) is 0.683. The maximum atomic E-state index is 12.6. The van der Waals surface area contributed by atoms with Gasteiger partial charge in [0.2, 0.25) is 0 Å². The van der Waals surface area contributed by atoms with Crippen molar-refractivity contribution in [1.29, 1.82) is 0 Å². The number of nitrogens with zero attached hydrogens (tertiary/aromatic N) is 2. The monoisotopic (exact) mass is 291 g/mol. The molecule has 2 rings (SSSR count). The number of nitrogens with one attached hydrogen (secondary N) is 1. The molecule has 108 valence electrons. The lowest BCUT2D eigenvalue weighted by molar-refractivity contribution is 0.204. The zero-order valence-electron chi connectivity index (χ0n) is 12.4. The smallest absolute Gasteiger partial charge is 0.262 e. The van der Waals surface area contributed by atoms with Gasteiger partial charge < -0.3 is 9.88 Å². The third-order valence-electron chi connectivity index (χ3n) is 3.69. The largest absolute Gasteiger partial charge is 0.332 e. The Labute approximate surface area is 124 Å². The lowest BCUT2D eigenvalue weighted by atomic mass is 10.0. The molecule has 20 heavy (non-hydrogen) atoms. The fourth-order valence-electron chi connectivity index (χ4n) is 2.52. The Morgan fingerprint density at radius 1 is 1.30 bits per heavy atom. The van der Waals surface area contributed by atoms with Crippen molar-refractivity contribution in [3.05, 3.63) is 39.4 Å². The summed E-state index contributed by atoms with van der Waals surface area (Å²) in [4.78, 5) is 17.9. The van der Waals surface area contributed by atoms with Crippen LogP contribution in [0.1, 0.15) is 13.8 Å². The van der Waals surface area contributed by atoms with E-state index < -0.39 is 0 Å². The van der Waals surface area contributed by atoms with Crippen molar-refractivity contribution in [1.82, 2.24) is 14.5 Å². The SMILES string of the molecule is CC(C)[C@H](Cn1c(=S)[nH]c2ccccc2c1=O)N(C)C. The molecule has 0 saturated carbocycles. The van der Waals surface area contributed by atoms with Crippen LogP contribution in [0.15, 0.2) is 29.1 Å². The van der Waals surface area contributed by atoms with Crippen LogP contribution >= 0.6 is 12.2 Å². The van der Waals surface area contributed by atoms with Gasteiger partial charge in [-0.1, -0.05) is 26.0 Å². The minimum atomic E-state index is -0.0168. The van der Waals surface area contributed by atoms with E-state index >= 15 is 0 Å². The van der Waals surface area contributed by atoms with E-state index in [1.807, 2.05) is 38.4 Å². The average molecular weight is 291 g/mol. The quantitative estimate of drug-likeness (QED) is 0.881. The summed E-state index contributed by atoms with van der Waals surface area (Å²) in [5.74, 6) is 0.442. The first-order valence-corrected chi connectivity index (χ1v) is 7.21. The van der Waals surface area contributed by atoms with Crippen molar-refractivity contribution in [2.45, 2.75) is 26.4 Å². The maximum Gasteiger partial charge on any atom is 0.262 e. The Balaban J connectivity index is 2.55. The molecule has 1 aromatic carbocycles. The van der Waals surface area contributed by atoms with Crippen LogP contribution in [-0.4, -0.2) is 34.6 Å². The van der Waals surface area contributed by atoms with E-state index in [1.165, 1.54) is 0 Å². The van der Waals surface area contributed by atoms with Gasteiger partial charge in [-0.15, -0.1) is 0 Å². The molecule has 0 amide bonds. The summed E-state index contributed by atoms with van der Waals surface area (Å²) < 4.78 is 2.16. The summed E-state index contributed by atoms with van der Waals surface area (Å²) in [6.07, 6.45) is 0. The average Bonchev–Trinajstić information content (AvgIpc) is 2.37. The standard InChI is InChI=1S/C15H21N3OS/c1-10(2)13(17(3)4)9-18-14(19)11-7-5-6-8-12(11)16-15(18)20/h5-8,10,13H,9H2,1-4H3,(H,16,20)/t13-/m0/s1. The molecule has 0 saturated heterocycles. The number of hydrogen-bond donors (Lipinski definition) is 1. The minimum Gasteiger partial charge on any atom is -0.332 e. The Bertz CT molecular complexity index is 707. The highest BCUT2D eigenvalue weighted by Gasteiger charge is 2.18. The highest BCUT2D eigenvalue weighted by atomic mass is 32.1. The fraction of sp³-hybridized carbons (Fsp3) is 0.467. The molecule has 0 aliphatic heterocycles. The highest BCUT2D eigenvalue weighted by Crippen LogP contribution is 2.11. The van der Waals surface area contributed by atoms with Crippen molar-refractivity contribution in [2.75, 3.05) is 14.1 Å². The summed E-state index contributed by atoms with van der Waals surface area (Å²) in [7, 11) is 4.06. The number of benzene rings is 1. The second-order valence-electron chi connectivity index (χ2n) is 5.67. The van der Waals surface area contributed by atoms with Gasteiger partial charge in [0.25, 0.3) is 5.56 Å². The van der Waals surface area contributed by atoms with Crippen LogP contribution in [0.5, 0.6) is 0 Å². The molecule has 5 heteroatoms. The van der Waals surface area contributed by atoms with Crippen LogP contribution in [0.25, 0.3) is 10.9 Å². The predicted octanol–water partition coefficient (Wildman–Crippen LogP) is 2.65. The van der Waals surface area contributed by atoms with E-state index in [0.29, 0.717) is 22.6 Å². The van der Waals surface area contributed by atoms with E-state index in [1.54, 1.807) is 4.57 Å². The second-order valence-corrected chi connectivity index (χ2v) is 6.05. The third-order valence-corrected chi connectivity index (χ3v) is 4.01. The van der Waals surface area contributed by atoms with E-state index in [0.717, 1.165) is 5.52 Å². The molecule has 1 heterocycles. The molecule has 0 radical (unpaired) electrons. The number of aromatic amines is 1. The molecule has 0 aliphatic rings. The van der Waals surface area contributed by atoms with Gasteiger partial charge in [0.05, 0.1) is 10.9 Å². The first kappa shape index (κ1) is 14.9. The first-order chi connectivity index (χ1) is 9.41. The van der Waals surface area contributed by atoms with Crippen molar-refractivity contribution in [3.63, 3.8) is 0 Å². The van der Waals surface area contributed by atoms with Gasteiger partial charge in [-0.2, -0.15) is 0 Å². The van der Waals surface area contributed by atoms with Crippen molar-refractivity contribution < 1.29 is 0 Å². The summed E-state index contributed by atoms with van der Waals surface area (Å²) in [6.45, 7) is 4.91. The number of H-pyrrole nitrogens is 1. The lowest BCUT2D eigenvalue weighted by Gasteiger charge is -2.28. The Morgan fingerprint density at radius 3 is 2.55 bits per heavy atom. The van der Waals surface area contributed by atoms with Gasteiger partial charge in [0.15, 0.2) is 4.77 Å². The fourth-order valence-corrected chi connectivity index (χ4v) is 2.79. The van der Waals surface area contributed by atoms with Gasteiger partial charge in [-0.25, -0.2) is 0 Å². The molecule has 4 nitrogen and oxygen atoms in total. The van der Waals surface area contributed by atoms with E-state index in [4.69, 9.17) is 12.2 Å². The normalized spacial score (nSPS) is 13.3. The van der Waals surface area contributed by atoms with Gasteiger partial charge in [-0.05, 0) is 44.4 Å². The molecule has 0 unspecified atom stereocenters. The summed E-state index contributed by atoms with van der Waals surface area (Å²) in [5.41, 5.74) is 0.779. The summed E-state index contributed by atoms with van der Waals surface area (Å²) in [6, 6.07) is 7.75. The van der Waals surface area contributed by atoms with Crippen LogP contribution < -0.4 is 5.56 Å². The number of hydrogen-bond acceptors (Lipinski definition) is 3. The number of rotatable bonds is 4. The molecule has 0 bridgehead atoms. The third kappa shape index (κ3) is 2.83. The van der Waals surface area contributed by atoms with E-state index in [-0.39, 0.29) is 11.6 Å². The summed E-state index contributed by atoms with van der Waals surface area (Å²) >= 11 is 5.35. The zero-order chi connectivity index (χ0) is 14.9.